The quantitative estimate of drug-likeness (QED) is 0.614. The van der Waals surface area contributed by atoms with Crippen LogP contribution in [-0.2, 0) is 9.53 Å². The van der Waals surface area contributed by atoms with Gasteiger partial charge in [-0.05, 0) is 25.3 Å². The van der Waals surface area contributed by atoms with Crippen LogP contribution in [0.15, 0.2) is 11.6 Å². The first-order chi connectivity index (χ1) is 12.4. The molecule has 0 bridgehead atoms. The van der Waals surface area contributed by atoms with Crippen molar-refractivity contribution in [1.82, 2.24) is 9.80 Å². The van der Waals surface area contributed by atoms with Crippen LogP contribution in [0.2, 0.25) is 0 Å². The second kappa shape index (κ2) is 6.92. The zero-order valence-corrected chi connectivity index (χ0v) is 16.5. The third kappa shape index (κ3) is 2.83. The Labute approximate surface area is 157 Å². The number of aliphatic hydroxyl groups excluding tert-OH is 1. The standard InChI is InChI=1S/C21H34N2O3/c1-4-22-8-10-23(11-9-22)13-16-18-17(26-20(16)25)12-15-7-5-6-14(2)21(15,3)19(18)24/h7,14,16-19,24H,4-6,8-13H2,1-3H3/t14-,16+,17-,18-,19-,21-/m1/s1. The van der Waals surface area contributed by atoms with Crippen LogP contribution in [0.3, 0.4) is 0 Å². The molecule has 3 fully saturated rings. The SMILES string of the molecule is CCN1CCN(C[C@@H]2C(=O)O[C@@H]3CC4=CCC[C@@H](C)[C@@]4(C)[C@H](O)[C@H]23)CC1. The van der Waals surface area contributed by atoms with Crippen molar-refractivity contribution >= 4 is 5.97 Å². The molecule has 2 heterocycles. The first-order valence-electron chi connectivity index (χ1n) is 10.5. The molecular formula is C21H34N2O3. The van der Waals surface area contributed by atoms with Crippen LogP contribution in [0.5, 0.6) is 0 Å². The van der Waals surface area contributed by atoms with E-state index in [1.807, 2.05) is 0 Å². The Morgan fingerprint density at radius 2 is 1.96 bits per heavy atom. The Morgan fingerprint density at radius 1 is 1.27 bits per heavy atom. The Morgan fingerprint density at radius 3 is 2.65 bits per heavy atom. The van der Waals surface area contributed by atoms with Gasteiger partial charge in [-0.3, -0.25) is 9.69 Å². The lowest BCUT2D eigenvalue weighted by Crippen LogP contribution is -2.55. The molecule has 146 valence electrons. The second-order valence-electron chi connectivity index (χ2n) is 9.03. The van der Waals surface area contributed by atoms with Gasteiger partial charge in [0.25, 0.3) is 0 Å². The summed E-state index contributed by atoms with van der Waals surface area (Å²) < 4.78 is 5.78. The molecule has 2 saturated heterocycles. The average molecular weight is 363 g/mol. The number of esters is 1. The van der Waals surface area contributed by atoms with Crippen molar-refractivity contribution in [3.8, 4) is 0 Å². The summed E-state index contributed by atoms with van der Waals surface area (Å²) in [6, 6.07) is 0. The Bertz CT molecular complexity index is 584. The summed E-state index contributed by atoms with van der Waals surface area (Å²) in [4.78, 5) is 17.5. The molecular weight excluding hydrogens is 328 g/mol. The van der Waals surface area contributed by atoms with Crippen molar-refractivity contribution in [2.75, 3.05) is 39.3 Å². The molecule has 2 aliphatic carbocycles. The zero-order chi connectivity index (χ0) is 18.5. The van der Waals surface area contributed by atoms with E-state index in [-0.39, 0.29) is 29.3 Å². The lowest BCUT2D eigenvalue weighted by molar-refractivity contribution is -0.145. The molecule has 5 heteroatoms. The smallest absolute Gasteiger partial charge is 0.311 e. The Hall–Kier alpha value is -0.910. The minimum Gasteiger partial charge on any atom is -0.461 e. The summed E-state index contributed by atoms with van der Waals surface area (Å²) in [6.07, 6.45) is 4.68. The van der Waals surface area contributed by atoms with Gasteiger partial charge in [0, 0.05) is 50.5 Å². The average Bonchev–Trinajstić information content (AvgIpc) is 2.94. The van der Waals surface area contributed by atoms with Gasteiger partial charge in [0.2, 0.25) is 0 Å². The molecule has 0 spiro atoms. The van der Waals surface area contributed by atoms with E-state index in [1.165, 1.54) is 5.57 Å². The van der Waals surface area contributed by atoms with Crippen molar-refractivity contribution in [3.05, 3.63) is 11.6 Å². The third-order valence-electron chi connectivity index (χ3n) is 7.94. The molecule has 4 rings (SSSR count). The number of ether oxygens (including phenoxy) is 1. The fourth-order valence-electron chi connectivity index (χ4n) is 5.84. The van der Waals surface area contributed by atoms with Gasteiger partial charge in [0.05, 0.1) is 12.0 Å². The molecule has 0 aromatic heterocycles. The van der Waals surface area contributed by atoms with E-state index in [4.69, 9.17) is 4.74 Å². The topological polar surface area (TPSA) is 53.0 Å². The molecule has 6 atom stereocenters. The molecule has 2 aliphatic heterocycles. The zero-order valence-electron chi connectivity index (χ0n) is 16.5. The molecule has 0 amide bonds. The van der Waals surface area contributed by atoms with Gasteiger partial charge >= 0.3 is 5.97 Å². The van der Waals surface area contributed by atoms with Crippen LogP contribution in [0.1, 0.15) is 40.0 Å². The second-order valence-corrected chi connectivity index (χ2v) is 9.03. The van der Waals surface area contributed by atoms with E-state index < -0.39 is 6.10 Å². The number of likely N-dealkylation sites (N-methyl/N-ethyl adjacent to an activating group) is 1. The highest BCUT2D eigenvalue weighted by atomic mass is 16.6. The fraction of sp³-hybridized carbons (Fsp3) is 0.857. The molecule has 1 saturated carbocycles. The molecule has 0 aromatic rings. The monoisotopic (exact) mass is 362 g/mol. The van der Waals surface area contributed by atoms with E-state index in [0.717, 1.165) is 58.5 Å². The number of rotatable bonds is 3. The summed E-state index contributed by atoms with van der Waals surface area (Å²) in [5.74, 6) is 0.112. The van der Waals surface area contributed by atoms with E-state index in [0.29, 0.717) is 5.92 Å². The van der Waals surface area contributed by atoms with Gasteiger partial charge in [0.15, 0.2) is 0 Å². The van der Waals surface area contributed by atoms with E-state index in [2.05, 4.69) is 36.6 Å². The lowest BCUT2D eigenvalue weighted by atomic mass is 9.55. The molecule has 0 radical (unpaired) electrons. The third-order valence-corrected chi connectivity index (χ3v) is 7.94. The van der Waals surface area contributed by atoms with Gasteiger partial charge < -0.3 is 14.7 Å². The van der Waals surface area contributed by atoms with E-state index in [1.54, 1.807) is 0 Å². The van der Waals surface area contributed by atoms with Gasteiger partial charge in [-0.15, -0.1) is 0 Å². The van der Waals surface area contributed by atoms with Crippen LogP contribution in [0.25, 0.3) is 0 Å². The molecule has 5 nitrogen and oxygen atoms in total. The van der Waals surface area contributed by atoms with Gasteiger partial charge in [-0.1, -0.05) is 32.4 Å². The summed E-state index contributed by atoms with van der Waals surface area (Å²) >= 11 is 0. The van der Waals surface area contributed by atoms with Crippen molar-refractivity contribution in [3.63, 3.8) is 0 Å². The maximum absolute atomic E-state index is 12.7. The predicted octanol–water partition coefficient (Wildman–Crippen LogP) is 1.91. The number of carbonyl (C=O) groups excluding carboxylic acids is 1. The predicted molar refractivity (Wildman–Crippen MR) is 101 cm³/mol. The number of piperazine rings is 1. The van der Waals surface area contributed by atoms with Crippen LogP contribution in [0, 0.1) is 23.2 Å². The van der Waals surface area contributed by atoms with Gasteiger partial charge in [0.1, 0.15) is 6.10 Å². The lowest BCUT2D eigenvalue weighted by Gasteiger charge is -2.52. The first kappa shape index (κ1) is 18.5. The Kier molecular flexibility index (Phi) is 4.91. The minimum absolute atomic E-state index is 0.0607. The number of nitrogens with zero attached hydrogens (tertiary/aromatic N) is 2. The van der Waals surface area contributed by atoms with E-state index >= 15 is 0 Å². The van der Waals surface area contributed by atoms with Crippen LogP contribution in [0.4, 0.5) is 0 Å². The molecule has 4 aliphatic rings. The number of carbonyl (C=O) groups is 1. The summed E-state index contributed by atoms with van der Waals surface area (Å²) in [7, 11) is 0. The number of fused-ring (bicyclic) bond motifs is 2. The largest absolute Gasteiger partial charge is 0.461 e. The fourth-order valence-corrected chi connectivity index (χ4v) is 5.84. The van der Waals surface area contributed by atoms with Gasteiger partial charge in [-0.2, -0.15) is 0 Å². The maximum atomic E-state index is 12.7. The van der Waals surface area contributed by atoms with Crippen LogP contribution < -0.4 is 0 Å². The van der Waals surface area contributed by atoms with Crippen molar-refractivity contribution in [2.24, 2.45) is 23.2 Å². The highest BCUT2D eigenvalue weighted by Crippen LogP contribution is 2.56. The van der Waals surface area contributed by atoms with Gasteiger partial charge in [-0.25, -0.2) is 0 Å². The highest BCUT2D eigenvalue weighted by Gasteiger charge is 2.59. The normalized spacial score (nSPS) is 44.2. The Balaban J connectivity index is 1.52. The highest BCUT2D eigenvalue weighted by molar-refractivity contribution is 5.76. The molecule has 0 unspecified atom stereocenters. The van der Waals surface area contributed by atoms with Crippen LogP contribution in [-0.4, -0.2) is 72.4 Å². The summed E-state index contributed by atoms with van der Waals surface area (Å²) in [5, 5.41) is 11.4. The molecule has 26 heavy (non-hydrogen) atoms. The van der Waals surface area contributed by atoms with Crippen molar-refractivity contribution in [2.45, 2.75) is 52.2 Å². The first-order valence-corrected chi connectivity index (χ1v) is 10.5. The number of hydrogen-bond donors (Lipinski definition) is 1. The number of allylic oxidation sites excluding steroid dienone is 1. The van der Waals surface area contributed by atoms with Crippen molar-refractivity contribution < 1.29 is 14.6 Å². The molecule has 1 N–H and O–H groups in total. The summed E-state index contributed by atoms with van der Waals surface area (Å²) in [5.41, 5.74) is 1.11. The number of aliphatic hydroxyl groups is 1. The maximum Gasteiger partial charge on any atom is 0.311 e. The molecule has 0 aromatic carbocycles. The van der Waals surface area contributed by atoms with Crippen molar-refractivity contribution in [1.29, 1.82) is 0 Å². The van der Waals surface area contributed by atoms with Crippen LogP contribution >= 0.6 is 0 Å². The number of hydrogen-bond acceptors (Lipinski definition) is 5. The van der Waals surface area contributed by atoms with E-state index in [9.17, 15) is 9.90 Å². The summed E-state index contributed by atoms with van der Waals surface area (Å²) in [6.45, 7) is 12.6. The minimum atomic E-state index is -0.490.